The normalized spacial score (nSPS) is 11.5. The maximum absolute atomic E-state index is 9.94. The monoisotopic (exact) mass is 261 g/mol. The van der Waals surface area contributed by atoms with Gasteiger partial charge in [-0.1, -0.05) is 19.9 Å². The van der Waals surface area contributed by atoms with E-state index in [0.29, 0.717) is 5.75 Å². The number of benzene rings is 1. The van der Waals surface area contributed by atoms with Crippen molar-refractivity contribution in [1.82, 2.24) is 15.1 Å². The lowest BCUT2D eigenvalue weighted by atomic mass is 10.1. The Morgan fingerprint density at radius 3 is 2.58 bits per heavy atom. The summed E-state index contributed by atoms with van der Waals surface area (Å²) in [6.07, 6.45) is 3.25. The average Bonchev–Trinajstić information content (AvgIpc) is 2.81. The van der Waals surface area contributed by atoms with Crippen molar-refractivity contribution in [3.8, 4) is 5.75 Å². The SMILES string of the molecule is CCCN(CCC)CCc1[nH]nc2cccc(O)c12. The highest BCUT2D eigenvalue weighted by molar-refractivity contribution is 5.87. The average molecular weight is 261 g/mol. The molecule has 0 fully saturated rings. The van der Waals surface area contributed by atoms with Crippen molar-refractivity contribution >= 4 is 10.9 Å². The van der Waals surface area contributed by atoms with E-state index in [-0.39, 0.29) is 0 Å². The topological polar surface area (TPSA) is 52.2 Å². The standard InChI is InChI=1S/C15H23N3O/c1-3-9-18(10-4-2)11-8-13-15-12(16-17-13)6-5-7-14(15)19/h5-7,19H,3-4,8-11H2,1-2H3,(H,16,17). The fourth-order valence-corrected chi connectivity index (χ4v) is 2.53. The van der Waals surface area contributed by atoms with E-state index in [1.54, 1.807) is 6.07 Å². The van der Waals surface area contributed by atoms with E-state index in [0.717, 1.165) is 42.7 Å². The third-order valence-electron chi connectivity index (χ3n) is 3.39. The molecule has 0 radical (unpaired) electrons. The highest BCUT2D eigenvalue weighted by Crippen LogP contribution is 2.26. The molecule has 4 heteroatoms. The number of nitrogens with one attached hydrogen (secondary N) is 1. The van der Waals surface area contributed by atoms with Gasteiger partial charge in [0.25, 0.3) is 0 Å². The summed E-state index contributed by atoms with van der Waals surface area (Å²) >= 11 is 0. The van der Waals surface area contributed by atoms with Crippen LogP contribution in [0.15, 0.2) is 18.2 Å². The minimum Gasteiger partial charge on any atom is -0.507 e. The van der Waals surface area contributed by atoms with Crippen molar-refractivity contribution in [3.05, 3.63) is 23.9 Å². The number of hydrogen-bond donors (Lipinski definition) is 2. The number of phenols is 1. The second kappa shape index (κ2) is 6.57. The summed E-state index contributed by atoms with van der Waals surface area (Å²) in [5, 5.41) is 18.1. The lowest BCUT2D eigenvalue weighted by molar-refractivity contribution is 0.277. The van der Waals surface area contributed by atoms with Gasteiger partial charge in [0.2, 0.25) is 0 Å². The second-order valence-electron chi connectivity index (χ2n) is 4.97. The van der Waals surface area contributed by atoms with Gasteiger partial charge in [-0.15, -0.1) is 0 Å². The van der Waals surface area contributed by atoms with Crippen molar-refractivity contribution < 1.29 is 5.11 Å². The molecular weight excluding hydrogens is 238 g/mol. The third-order valence-corrected chi connectivity index (χ3v) is 3.39. The maximum atomic E-state index is 9.94. The van der Waals surface area contributed by atoms with Crippen LogP contribution in [0.5, 0.6) is 5.75 Å². The molecule has 4 nitrogen and oxygen atoms in total. The molecule has 2 aromatic rings. The van der Waals surface area contributed by atoms with E-state index in [4.69, 9.17) is 0 Å². The second-order valence-corrected chi connectivity index (χ2v) is 4.97. The Hall–Kier alpha value is -1.55. The molecule has 1 aromatic carbocycles. The molecule has 0 saturated heterocycles. The van der Waals surface area contributed by atoms with Crippen molar-refractivity contribution in [3.63, 3.8) is 0 Å². The van der Waals surface area contributed by atoms with Gasteiger partial charge < -0.3 is 10.0 Å². The summed E-state index contributed by atoms with van der Waals surface area (Å²) < 4.78 is 0. The zero-order valence-electron chi connectivity index (χ0n) is 11.8. The minimum atomic E-state index is 0.318. The molecule has 2 rings (SSSR count). The van der Waals surface area contributed by atoms with Crippen molar-refractivity contribution in [2.75, 3.05) is 19.6 Å². The Morgan fingerprint density at radius 2 is 1.89 bits per heavy atom. The lowest BCUT2D eigenvalue weighted by Gasteiger charge is -2.20. The maximum Gasteiger partial charge on any atom is 0.126 e. The third kappa shape index (κ3) is 3.26. The molecule has 0 aliphatic rings. The fraction of sp³-hybridized carbons (Fsp3) is 0.533. The first kappa shape index (κ1) is 13.9. The molecule has 104 valence electrons. The van der Waals surface area contributed by atoms with Crippen LogP contribution in [0.4, 0.5) is 0 Å². The number of aromatic nitrogens is 2. The highest BCUT2D eigenvalue weighted by Gasteiger charge is 2.10. The summed E-state index contributed by atoms with van der Waals surface area (Å²) in [4.78, 5) is 2.46. The van der Waals surface area contributed by atoms with Gasteiger partial charge in [-0.05, 0) is 38.1 Å². The van der Waals surface area contributed by atoms with Gasteiger partial charge in [0.15, 0.2) is 0 Å². The molecular formula is C15H23N3O. The van der Waals surface area contributed by atoms with Crippen molar-refractivity contribution in [2.24, 2.45) is 0 Å². The molecule has 0 bridgehead atoms. The van der Waals surface area contributed by atoms with E-state index in [1.807, 2.05) is 12.1 Å². The molecule has 0 unspecified atom stereocenters. The van der Waals surface area contributed by atoms with Gasteiger partial charge >= 0.3 is 0 Å². The first-order valence-corrected chi connectivity index (χ1v) is 7.13. The molecule has 0 aliphatic heterocycles. The Bertz CT molecular complexity index is 515. The first-order valence-electron chi connectivity index (χ1n) is 7.13. The number of fused-ring (bicyclic) bond motifs is 1. The molecule has 0 atom stereocenters. The summed E-state index contributed by atoms with van der Waals surface area (Å²) in [6.45, 7) is 7.69. The molecule has 19 heavy (non-hydrogen) atoms. The van der Waals surface area contributed by atoms with Gasteiger partial charge in [0, 0.05) is 18.7 Å². The van der Waals surface area contributed by atoms with E-state index < -0.39 is 0 Å². The Balaban J connectivity index is 2.08. The van der Waals surface area contributed by atoms with Gasteiger partial charge in [-0.25, -0.2) is 0 Å². The largest absolute Gasteiger partial charge is 0.507 e. The van der Waals surface area contributed by atoms with Gasteiger partial charge in [0.05, 0.1) is 10.9 Å². The molecule has 2 N–H and O–H groups in total. The molecule has 0 saturated carbocycles. The molecule has 0 amide bonds. The number of aromatic amines is 1. The molecule has 0 spiro atoms. The fourth-order valence-electron chi connectivity index (χ4n) is 2.53. The van der Waals surface area contributed by atoms with Crippen LogP contribution in [-0.4, -0.2) is 39.8 Å². The Kier molecular flexibility index (Phi) is 4.80. The van der Waals surface area contributed by atoms with Crippen molar-refractivity contribution in [1.29, 1.82) is 0 Å². The number of rotatable bonds is 7. The zero-order valence-corrected chi connectivity index (χ0v) is 11.8. The highest BCUT2D eigenvalue weighted by atomic mass is 16.3. The van der Waals surface area contributed by atoms with Gasteiger partial charge in [-0.2, -0.15) is 5.10 Å². The van der Waals surface area contributed by atoms with Gasteiger partial charge in [-0.3, -0.25) is 5.10 Å². The quantitative estimate of drug-likeness (QED) is 0.805. The molecule has 0 aliphatic carbocycles. The van der Waals surface area contributed by atoms with Crippen LogP contribution in [0.1, 0.15) is 32.4 Å². The minimum absolute atomic E-state index is 0.318. The van der Waals surface area contributed by atoms with Crippen LogP contribution in [0, 0.1) is 0 Å². The molecule has 1 heterocycles. The van der Waals surface area contributed by atoms with E-state index in [9.17, 15) is 5.11 Å². The number of H-pyrrole nitrogens is 1. The van der Waals surface area contributed by atoms with Crippen LogP contribution < -0.4 is 0 Å². The van der Waals surface area contributed by atoms with Crippen LogP contribution in [0.25, 0.3) is 10.9 Å². The van der Waals surface area contributed by atoms with E-state index in [1.165, 1.54) is 12.8 Å². The van der Waals surface area contributed by atoms with Crippen LogP contribution in [0.3, 0.4) is 0 Å². The van der Waals surface area contributed by atoms with Crippen LogP contribution in [-0.2, 0) is 6.42 Å². The summed E-state index contributed by atoms with van der Waals surface area (Å²) in [5.74, 6) is 0.318. The zero-order chi connectivity index (χ0) is 13.7. The predicted octanol–water partition coefficient (Wildman–Crippen LogP) is 2.93. The van der Waals surface area contributed by atoms with Gasteiger partial charge in [0.1, 0.15) is 5.75 Å². The lowest BCUT2D eigenvalue weighted by Crippen LogP contribution is -2.27. The Morgan fingerprint density at radius 1 is 1.16 bits per heavy atom. The summed E-state index contributed by atoms with van der Waals surface area (Å²) in [7, 11) is 0. The predicted molar refractivity (Wildman–Crippen MR) is 78.5 cm³/mol. The number of nitrogens with zero attached hydrogens (tertiary/aromatic N) is 2. The smallest absolute Gasteiger partial charge is 0.126 e. The summed E-state index contributed by atoms with van der Waals surface area (Å²) in [6, 6.07) is 5.46. The Labute approximate surface area is 114 Å². The van der Waals surface area contributed by atoms with E-state index in [2.05, 4.69) is 28.9 Å². The number of aromatic hydroxyl groups is 1. The van der Waals surface area contributed by atoms with Crippen LogP contribution in [0.2, 0.25) is 0 Å². The van der Waals surface area contributed by atoms with Crippen molar-refractivity contribution in [2.45, 2.75) is 33.1 Å². The number of hydrogen-bond acceptors (Lipinski definition) is 3. The van der Waals surface area contributed by atoms with E-state index >= 15 is 0 Å². The van der Waals surface area contributed by atoms with Crippen LogP contribution >= 0.6 is 0 Å². The summed E-state index contributed by atoms with van der Waals surface area (Å²) in [5.41, 5.74) is 1.87. The first-order chi connectivity index (χ1) is 9.26. The molecule has 1 aromatic heterocycles. The number of phenolic OH excluding ortho intramolecular Hbond substituents is 1.